The van der Waals surface area contributed by atoms with Crippen molar-refractivity contribution < 1.29 is 9.90 Å². The molecule has 1 aromatic heterocycles. The van der Waals surface area contributed by atoms with E-state index in [0.29, 0.717) is 11.6 Å². The van der Waals surface area contributed by atoms with Crippen molar-refractivity contribution in [3.63, 3.8) is 0 Å². The molecule has 2 unspecified atom stereocenters. The van der Waals surface area contributed by atoms with Crippen LogP contribution >= 0.6 is 11.5 Å². The first-order valence-electron chi connectivity index (χ1n) is 5.86. The van der Waals surface area contributed by atoms with Gasteiger partial charge in [0, 0.05) is 5.38 Å². The van der Waals surface area contributed by atoms with Crippen molar-refractivity contribution in [2.75, 3.05) is 6.61 Å². The second-order valence-electron chi connectivity index (χ2n) is 4.88. The zero-order chi connectivity index (χ0) is 12.3. The molecule has 2 atom stereocenters. The molecule has 2 N–H and O–H groups in total. The van der Waals surface area contributed by atoms with Crippen molar-refractivity contribution in [2.45, 2.75) is 38.1 Å². The number of hydrogen-bond acceptors (Lipinski definition) is 5. The van der Waals surface area contributed by atoms with Crippen molar-refractivity contribution in [3.8, 4) is 0 Å². The van der Waals surface area contributed by atoms with Gasteiger partial charge in [0.1, 0.15) is 0 Å². The molecule has 17 heavy (non-hydrogen) atoms. The minimum Gasteiger partial charge on any atom is -0.394 e. The molecule has 1 aromatic rings. The summed E-state index contributed by atoms with van der Waals surface area (Å²) in [4.78, 5) is 11.9. The van der Waals surface area contributed by atoms with Gasteiger partial charge in [0.15, 0.2) is 5.69 Å². The Balaban J connectivity index is 2.06. The molecule has 0 spiro atoms. The molecule has 0 saturated heterocycles. The van der Waals surface area contributed by atoms with Gasteiger partial charge in [-0.05, 0) is 30.3 Å². The van der Waals surface area contributed by atoms with Crippen LogP contribution in [0.3, 0.4) is 0 Å². The molecule has 94 valence electrons. The van der Waals surface area contributed by atoms with Crippen molar-refractivity contribution >= 4 is 17.4 Å². The Hall–Kier alpha value is -1.01. The Labute approximate surface area is 104 Å². The molecule has 1 heterocycles. The largest absolute Gasteiger partial charge is 0.394 e. The predicted octanol–water partition coefficient (Wildman–Crippen LogP) is 1.21. The third-order valence-electron chi connectivity index (χ3n) is 3.37. The first-order valence-corrected chi connectivity index (χ1v) is 6.69. The lowest BCUT2D eigenvalue weighted by Crippen LogP contribution is -2.53. The molecule has 1 saturated carbocycles. The van der Waals surface area contributed by atoms with Crippen molar-refractivity contribution in [3.05, 3.63) is 11.1 Å². The van der Waals surface area contributed by atoms with E-state index in [9.17, 15) is 9.90 Å². The van der Waals surface area contributed by atoms with Crippen LogP contribution in [-0.2, 0) is 0 Å². The molecule has 0 aromatic carbocycles. The van der Waals surface area contributed by atoms with Crippen LogP contribution in [0.2, 0.25) is 0 Å². The molecule has 1 aliphatic rings. The molecule has 0 bridgehead atoms. The highest BCUT2D eigenvalue weighted by atomic mass is 32.1. The van der Waals surface area contributed by atoms with Crippen molar-refractivity contribution in [2.24, 2.45) is 5.92 Å². The number of aromatic nitrogens is 2. The predicted molar refractivity (Wildman–Crippen MR) is 64.8 cm³/mol. The molecule has 1 amide bonds. The number of rotatable bonds is 3. The number of hydrogen-bond donors (Lipinski definition) is 2. The van der Waals surface area contributed by atoms with E-state index in [4.69, 9.17) is 0 Å². The highest BCUT2D eigenvalue weighted by Gasteiger charge is 2.36. The average Bonchev–Trinajstić information content (AvgIpc) is 2.82. The Morgan fingerprint density at radius 1 is 1.76 bits per heavy atom. The van der Waals surface area contributed by atoms with E-state index in [1.807, 2.05) is 0 Å². The summed E-state index contributed by atoms with van der Waals surface area (Å²) in [6, 6.07) is 0. The minimum atomic E-state index is -0.474. The summed E-state index contributed by atoms with van der Waals surface area (Å²) in [5.74, 6) is 0.298. The fourth-order valence-electron chi connectivity index (χ4n) is 2.53. The van der Waals surface area contributed by atoms with Gasteiger partial charge < -0.3 is 10.4 Å². The van der Waals surface area contributed by atoms with E-state index in [1.165, 1.54) is 0 Å². The molecular weight excluding hydrogens is 238 g/mol. The number of nitrogens with zero attached hydrogens (tertiary/aromatic N) is 2. The van der Waals surface area contributed by atoms with Gasteiger partial charge in [-0.15, -0.1) is 5.10 Å². The summed E-state index contributed by atoms with van der Waals surface area (Å²) in [7, 11) is 0. The molecule has 0 aliphatic heterocycles. The topological polar surface area (TPSA) is 75.1 Å². The number of carbonyl (C=O) groups excluding carboxylic acids is 1. The Morgan fingerprint density at radius 3 is 3.18 bits per heavy atom. The van der Waals surface area contributed by atoms with E-state index in [-0.39, 0.29) is 12.5 Å². The van der Waals surface area contributed by atoms with Crippen LogP contribution in [0.15, 0.2) is 5.38 Å². The lowest BCUT2D eigenvalue weighted by Gasteiger charge is -2.39. The molecular formula is C11H17N3O2S. The van der Waals surface area contributed by atoms with Gasteiger partial charge in [-0.2, -0.15) is 0 Å². The van der Waals surface area contributed by atoms with Gasteiger partial charge in [0.05, 0.1) is 12.1 Å². The first kappa shape index (κ1) is 12.4. The van der Waals surface area contributed by atoms with Gasteiger partial charge in [-0.25, -0.2) is 0 Å². The van der Waals surface area contributed by atoms with E-state index >= 15 is 0 Å². The second-order valence-corrected chi connectivity index (χ2v) is 5.49. The van der Waals surface area contributed by atoms with E-state index in [2.05, 4.69) is 21.8 Å². The first-order chi connectivity index (χ1) is 8.15. The summed E-state index contributed by atoms with van der Waals surface area (Å²) >= 11 is 1.15. The minimum absolute atomic E-state index is 0.0132. The Bertz CT molecular complexity index is 382. The number of nitrogens with one attached hydrogen (secondary N) is 1. The zero-order valence-electron chi connectivity index (χ0n) is 9.85. The highest BCUT2D eigenvalue weighted by Crippen LogP contribution is 2.32. The fourth-order valence-corrected chi connectivity index (χ4v) is 2.96. The molecule has 1 aliphatic carbocycles. The zero-order valence-corrected chi connectivity index (χ0v) is 10.7. The third kappa shape index (κ3) is 2.81. The van der Waals surface area contributed by atoms with Gasteiger partial charge in [0.25, 0.3) is 5.91 Å². The maximum Gasteiger partial charge on any atom is 0.273 e. The van der Waals surface area contributed by atoms with Crippen LogP contribution in [0.25, 0.3) is 0 Å². The summed E-state index contributed by atoms with van der Waals surface area (Å²) in [6.45, 7) is 2.14. The van der Waals surface area contributed by atoms with Crippen LogP contribution in [0.1, 0.15) is 43.1 Å². The van der Waals surface area contributed by atoms with Gasteiger partial charge >= 0.3 is 0 Å². The number of carbonyl (C=O) groups is 1. The normalized spacial score (nSPS) is 28.9. The van der Waals surface area contributed by atoms with Crippen molar-refractivity contribution in [1.29, 1.82) is 0 Å². The lowest BCUT2D eigenvalue weighted by molar-refractivity contribution is 0.0693. The van der Waals surface area contributed by atoms with Crippen LogP contribution in [0, 0.1) is 5.92 Å². The van der Waals surface area contributed by atoms with E-state index in [1.54, 1.807) is 5.38 Å². The summed E-state index contributed by atoms with van der Waals surface area (Å²) < 4.78 is 3.67. The number of amides is 1. The molecule has 1 fully saturated rings. The molecule has 6 heteroatoms. The van der Waals surface area contributed by atoms with Crippen molar-refractivity contribution in [1.82, 2.24) is 14.9 Å². The van der Waals surface area contributed by atoms with E-state index in [0.717, 1.165) is 37.2 Å². The standard InChI is InChI=1S/C11H17N3O2S/c1-8-3-2-4-11(5-8,7-15)12-10(16)9-6-17-14-13-9/h6,8,15H,2-5,7H2,1H3,(H,12,16). The lowest BCUT2D eigenvalue weighted by atomic mass is 9.77. The molecule has 5 nitrogen and oxygen atoms in total. The Kier molecular flexibility index (Phi) is 3.73. The summed E-state index contributed by atoms with van der Waals surface area (Å²) in [5.41, 5.74) is -0.140. The SMILES string of the molecule is CC1CCCC(CO)(NC(=O)c2csnn2)C1. The monoisotopic (exact) mass is 255 g/mol. The number of aliphatic hydroxyl groups is 1. The van der Waals surface area contributed by atoms with Crippen LogP contribution < -0.4 is 5.32 Å². The van der Waals surface area contributed by atoms with Crippen LogP contribution in [0.4, 0.5) is 0 Å². The molecule has 0 radical (unpaired) electrons. The quantitative estimate of drug-likeness (QED) is 0.851. The second kappa shape index (κ2) is 5.10. The Morgan fingerprint density at radius 2 is 2.59 bits per heavy atom. The van der Waals surface area contributed by atoms with Gasteiger partial charge in [0.2, 0.25) is 0 Å². The van der Waals surface area contributed by atoms with E-state index < -0.39 is 5.54 Å². The van der Waals surface area contributed by atoms with Crippen LogP contribution in [-0.4, -0.2) is 32.7 Å². The fraction of sp³-hybridized carbons (Fsp3) is 0.727. The average molecular weight is 255 g/mol. The molecule has 2 rings (SSSR count). The maximum atomic E-state index is 11.9. The van der Waals surface area contributed by atoms with Gasteiger partial charge in [-0.3, -0.25) is 4.79 Å². The number of aliphatic hydroxyl groups excluding tert-OH is 1. The highest BCUT2D eigenvalue weighted by molar-refractivity contribution is 7.03. The third-order valence-corrected chi connectivity index (χ3v) is 3.87. The van der Waals surface area contributed by atoms with Gasteiger partial charge in [-0.1, -0.05) is 24.3 Å². The summed E-state index contributed by atoms with van der Waals surface area (Å²) in [6.07, 6.45) is 3.86. The maximum absolute atomic E-state index is 11.9. The summed E-state index contributed by atoms with van der Waals surface area (Å²) in [5, 5.41) is 17.8. The smallest absolute Gasteiger partial charge is 0.273 e. The van der Waals surface area contributed by atoms with Crippen LogP contribution in [0.5, 0.6) is 0 Å².